The summed E-state index contributed by atoms with van der Waals surface area (Å²) in [7, 11) is 0. The van der Waals surface area contributed by atoms with Crippen LogP contribution in [-0.4, -0.2) is 24.1 Å². The minimum absolute atomic E-state index is 0.825. The first-order chi connectivity index (χ1) is 7.90. The van der Waals surface area contributed by atoms with E-state index in [0.29, 0.717) is 0 Å². The molecule has 0 aliphatic heterocycles. The van der Waals surface area contributed by atoms with E-state index in [4.69, 9.17) is 0 Å². The van der Waals surface area contributed by atoms with Gasteiger partial charge in [0.2, 0.25) is 0 Å². The lowest BCUT2D eigenvalue weighted by atomic mass is 10.1. The van der Waals surface area contributed by atoms with E-state index in [9.17, 15) is 0 Å². The maximum absolute atomic E-state index is 3.74. The topological polar surface area (TPSA) is 12.0 Å². The lowest BCUT2D eigenvalue weighted by Gasteiger charge is -2.18. The van der Waals surface area contributed by atoms with Gasteiger partial charge in [-0.25, -0.2) is 0 Å². The molecule has 16 heavy (non-hydrogen) atoms. The molecule has 0 heterocycles. The second-order valence-electron chi connectivity index (χ2n) is 5.59. The third-order valence-electron chi connectivity index (χ3n) is 3.97. The molecule has 2 aliphatic rings. The molecule has 94 valence electrons. The molecule has 0 aromatic rings. The number of rotatable bonds is 8. The molecule has 0 amide bonds. The highest BCUT2D eigenvalue weighted by Gasteiger charge is 2.30. The fourth-order valence-corrected chi connectivity index (χ4v) is 4.18. The van der Waals surface area contributed by atoms with Crippen molar-refractivity contribution in [3.05, 3.63) is 0 Å². The zero-order valence-electron chi connectivity index (χ0n) is 10.7. The zero-order valence-corrected chi connectivity index (χ0v) is 11.5. The summed E-state index contributed by atoms with van der Waals surface area (Å²) in [6, 6.07) is 0.825. The monoisotopic (exact) mass is 241 g/mol. The quantitative estimate of drug-likeness (QED) is 0.695. The van der Waals surface area contributed by atoms with Crippen LogP contribution in [0.4, 0.5) is 0 Å². The number of hydrogen-bond donors (Lipinski definition) is 1. The summed E-state index contributed by atoms with van der Waals surface area (Å²) in [5.74, 6) is 4.86. The first-order valence-corrected chi connectivity index (χ1v) is 8.36. The van der Waals surface area contributed by atoms with Crippen LogP contribution >= 0.6 is 11.8 Å². The zero-order chi connectivity index (χ0) is 11.2. The summed E-state index contributed by atoms with van der Waals surface area (Å²) >= 11 is 2.21. The maximum Gasteiger partial charge on any atom is 0.0186 e. The molecule has 1 atom stereocenters. The van der Waals surface area contributed by atoms with E-state index < -0.39 is 0 Å². The summed E-state index contributed by atoms with van der Waals surface area (Å²) in [5, 5.41) is 3.74. The minimum Gasteiger partial charge on any atom is -0.313 e. The van der Waals surface area contributed by atoms with Crippen molar-refractivity contribution in [3.8, 4) is 0 Å². The summed E-state index contributed by atoms with van der Waals surface area (Å²) in [6.45, 7) is 3.48. The van der Waals surface area contributed by atoms with Crippen molar-refractivity contribution in [1.82, 2.24) is 5.32 Å². The second kappa shape index (κ2) is 6.90. The smallest absolute Gasteiger partial charge is 0.0186 e. The van der Waals surface area contributed by atoms with Gasteiger partial charge >= 0.3 is 0 Å². The number of nitrogens with one attached hydrogen (secondary N) is 1. The van der Waals surface area contributed by atoms with Gasteiger partial charge in [-0.1, -0.05) is 19.8 Å². The lowest BCUT2D eigenvalue weighted by Crippen LogP contribution is -2.34. The fraction of sp³-hybridized carbons (Fsp3) is 1.00. The van der Waals surface area contributed by atoms with Crippen molar-refractivity contribution in [2.24, 2.45) is 11.8 Å². The molecule has 0 saturated heterocycles. The second-order valence-corrected chi connectivity index (χ2v) is 6.66. The van der Waals surface area contributed by atoms with Gasteiger partial charge in [0, 0.05) is 11.8 Å². The van der Waals surface area contributed by atoms with Crippen LogP contribution in [-0.2, 0) is 0 Å². The molecule has 0 radical (unpaired) electrons. The molecule has 1 nitrogen and oxygen atoms in total. The van der Waals surface area contributed by atoms with Gasteiger partial charge in [0.05, 0.1) is 0 Å². The predicted octanol–water partition coefficient (Wildman–Crippen LogP) is 3.69. The number of thioether (sulfide) groups is 1. The Morgan fingerprint density at radius 1 is 1.19 bits per heavy atom. The normalized spacial score (nSPS) is 23.8. The summed E-state index contributed by atoms with van der Waals surface area (Å²) in [6.07, 6.45) is 10.2. The van der Waals surface area contributed by atoms with Crippen LogP contribution in [0.2, 0.25) is 0 Å². The van der Waals surface area contributed by atoms with Gasteiger partial charge in [-0.3, -0.25) is 0 Å². The Morgan fingerprint density at radius 3 is 2.56 bits per heavy atom. The molecule has 2 fully saturated rings. The van der Waals surface area contributed by atoms with Crippen LogP contribution in [0.5, 0.6) is 0 Å². The van der Waals surface area contributed by atoms with Crippen LogP contribution in [0, 0.1) is 11.8 Å². The van der Waals surface area contributed by atoms with Gasteiger partial charge in [0.1, 0.15) is 0 Å². The minimum atomic E-state index is 0.825. The molecule has 1 unspecified atom stereocenters. The Bertz CT molecular complexity index is 185. The van der Waals surface area contributed by atoms with Gasteiger partial charge in [-0.15, -0.1) is 0 Å². The van der Waals surface area contributed by atoms with Crippen LogP contribution in [0.25, 0.3) is 0 Å². The summed E-state index contributed by atoms with van der Waals surface area (Å²) in [4.78, 5) is 0. The van der Waals surface area contributed by atoms with Crippen LogP contribution in [0.1, 0.15) is 51.9 Å². The first kappa shape index (κ1) is 12.8. The Kier molecular flexibility index (Phi) is 5.51. The van der Waals surface area contributed by atoms with Crippen molar-refractivity contribution in [2.75, 3.05) is 18.1 Å². The van der Waals surface area contributed by atoms with E-state index in [2.05, 4.69) is 24.0 Å². The van der Waals surface area contributed by atoms with Gasteiger partial charge in [0.15, 0.2) is 0 Å². The van der Waals surface area contributed by atoms with Crippen LogP contribution in [0.3, 0.4) is 0 Å². The molecule has 2 saturated carbocycles. The van der Waals surface area contributed by atoms with Crippen molar-refractivity contribution in [3.63, 3.8) is 0 Å². The molecule has 0 spiro atoms. The number of hydrogen-bond acceptors (Lipinski definition) is 2. The fourth-order valence-electron chi connectivity index (χ4n) is 2.73. The molecule has 2 heteroatoms. The predicted molar refractivity (Wildman–Crippen MR) is 74.1 cm³/mol. The van der Waals surface area contributed by atoms with Crippen LogP contribution in [0.15, 0.2) is 0 Å². The SMILES string of the molecule is CCCNC(CSCC1CCCC1)C1CC1. The Hall–Kier alpha value is 0.310. The van der Waals surface area contributed by atoms with E-state index in [1.807, 2.05) is 0 Å². The van der Waals surface area contributed by atoms with Crippen molar-refractivity contribution < 1.29 is 0 Å². The lowest BCUT2D eigenvalue weighted by molar-refractivity contribution is 0.502. The van der Waals surface area contributed by atoms with Crippen molar-refractivity contribution in [1.29, 1.82) is 0 Å². The van der Waals surface area contributed by atoms with Crippen molar-refractivity contribution in [2.45, 2.75) is 57.9 Å². The third kappa shape index (κ3) is 4.29. The Balaban J connectivity index is 1.57. The third-order valence-corrected chi connectivity index (χ3v) is 5.28. The van der Waals surface area contributed by atoms with E-state index in [-0.39, 0.29) is 0 Å². The van der Waals surface area contributed by atoms with E-state index >= 15 is 0 Å². The van der Waals surface area contributed by atoms with E-state index in [0.717, 1.165) is 17.9 Å². The van der Waals surface area contributed by atoms with Crippen molar-refractivity contribution >= 4 is 11.8 Å². The molecular formula is C14H27NS. The molecule has 0 bridgehead atoms. The summed E-state index contributed by atoms with van der Waals surface area (Å²) in [5.41, 5.74) is 0. The first-order valence-electron chi connectivity index (χ1n) is 7.21. The molecule has 2 rings (SSSR count). The molecule has 0 aromatic heterocycles. The maximum atomic E-state index is 3.74. The van der Waals surface area contributed by atoms with Gasteiger partial charge < -0.3 is 5.32 Å². The highest BCUT2D eigenvalue weighted by Crippen LogP contribution is 2.35. The standard InChI is InChI=1S/C14H27NS/c1-2-9-15-14(13-7-8-13)11-16-10-12-5-3-4-6-12/h12-15H,2-11H2,1H3. The highest BCUT2D eigenvalue weighted by atomic mass is 32.2. The molecule has 1 N–H and O–H groups in total. The van der Waals surface area contributed by atoms with Gasteiger partial charge in [-0.05, 0) is 56.2 Å². The van der Waals surface area contributed by atoms with Crippen LogP contribution < -0.4 is 5.32 Å². The molecule has 0 aromatic carbocycles. The van der Waals surface area contributed by atoms with E-state index in [1.54, 1.807) is 0 Å². The largest absolute Gasteiger partial charge is 0.313 e. The highest BCUT2D eigenvalue weighted by molar-refractivity contribution is 7.99. The van der Waals surface area contributed by atoms with Gasteiger partial charge in [-0.2, -0.15) is 11.8 Å². The summed E-state index contributed by atoms with van der Waals surface area (Å²) < 4.78 is 0. The molecular weight excluding hydrogens is 214 g/mol. The van der Waals surface area contributed by atoms with Gasteiger partial charge in [0.25, 0.3) is 0 Å². The van der Waals surface area contributed by atoms with E-state index in [1.165, 1.54) is 63.0 Å². The Morgan fingerprint density at radius 2 is 1.94 bits per heavy atom. The Labute approximate surface area is 105 Å². The average molecular weight is 241 g/mol. The average Bonchev–Trinajstić information content (AvgIpc) is 3.01. The molecule has 2 aliphatic carbocycles.